The molecule has 1 fully saturated rings. The summed E-state index contributed by atoms with van der Waals surface area (Å²) in [7, 11) is 1.77. The Hall–Kier alpha value is -4.60. The number of nitrogens with zero attached hydrogens (tertiary/aromatic N) is 3. The fourth-order valence-corrected chi connectivity index (χ4v) is 9.58. The summed E-state index contributed by atoms with van der Waals surface area (Å²) in [5.74, 6) is 0.290. The molecule has 0 radical (unpaired) electrons. The first-order valence-corrected chi connectivity index (χ1v) is 21.2. The van der Waals surface area contributed by atoms with Gasteiger partial charge in [-0.3, -0.25) is 4.79 Å². The van der Waals surface area contributed by atoms with Gasteiger partial charge in [-0.2, -0.15) is 5.26 Å². The van der Waals surface area contributed by atoms with Crippen LogP contribution in [0.2, 0.25) is 0 Å². The van der Waals surface area contributed by atoms with Crippen LogP contribution >= 0.6 is 11.8 Å². The number of likely N-dealkylation sites (N-methyl/N-ethyl adjacent to an activating group) is 1. The number of ether oxygens (including phenoxy) is 3. The average molecular weight is 794 g/mol. The Kier molecular flexibility index (Phi) is 14.9. The van der Waals surface area contributed by atoms with Crippen molar-refractivity contribution in [3.05, 3.63) is 114 Å². The van der Waals surface area contributed by atoms with Crippen molar-refractivity contribution in [3.63, 3.8) is 0 Å². The molecule has 1 saturated carbocycles. The standard InChI is InChI=1S/C46H55N3O7S/c1-4-25-54-46-42(49(3)45(52)33-19-17-32(31-47)18-20-33)30-40(48-55-5-2)38-28-34(13-9-11-23-50)37(16-10-12-24-51)43(44(38)46)39-29-35(21-22-41(39)56-46)53-26-27-57-36-14-7-6-8-15-36/h4,6-8,14-15,17-22,28-29,34,37,42-44,50-51H,1,5,9-13,16,23-27,30H2,2-3H3/t34-,37+,42-,43+,44+,46+/m0/s1. The molecule has 0 unspecified atom stereocenters. The highest BCUT2D eigenvalue weighted by atomic mass is 32.2. The van der Waals surface area contributed by atoms with Crippen LogP contribution in [0.4, 0.5) is 0 Å². The summed E-state index contributed by atoms with van der Waals surface area (Å²) in [6, 6.07) is 24.4. The zero-order chi connectivity index (χ0) is 40.2. The van der Waals surface area contributed by atoms with Crippen LogP contribution in [-0.2, 0) is 9.57 Å². The van der Waals surface area contributed by atoms with E-state index in [0.717, 1.165) is 54.0 Å². The van der Waals surface area contributed by atoms with Crippen molar-refractivity contribution in [1.29, 1.82) is 5.26 Å². The number of oxime groups is 1. The summed E-state index contributed by atoms with van der Waals surface area (Å²) < 4.78 is 20.6. The third-order valence-corrected chi connectivity index (χ3v) is 12.3. The number of thioether (sulfide) groups is 1. The van der Waals surface area contributed by atoms with Gasteiger partial charge in [-0.1, -0.05) is 48.3 Å². The van der Waals surface area contributed by atoms with Gasteiger partial charge in [0.05, 0.1) is 36.5 Å². The van der Waals surface area contributed by atoms with Crippen LogP contribution in [-0.4, -0.2) is 84.4 Å². The normalized spacial score (nSPS) is 23.9. The van der Waals surface area contributed by atoms with Gasteiger partial charge in [0, 0.05) is 54.4 Å². The molecule has 1 amide bonds. The zero-order valence-corrected chi connectivity index (χ0v) is 33.9. The summed E-state index contributed by atoms with van der Waals surface area (Å²) in [4.78, 5) is 23.1. The monoisotopic (exact) mass is 793 g/mol. The number of nitriles is 1. The minimum atomic E-state index is -1.35. The second-order valence-electron chi connectivity index (χ2n) is 14.8. The summed E-state index contributed by atoms with van der Waals surface area (Å²) in [5, 5.41) is 33.8. The van der Waals surface area contributed by atoms with Crippen LogP contribution in [0, 0.1) is 29.1 Å². The molecule has 0 spiro atoms. The van der Waals surface area contributed by atoms with E-state index in [1.165, 1.54) is 4.90 Å². The van der Waals surface area contributed by atoms with E-state index in [2.05, 4.69) is 36.9 Å². The molecule has 1 aliphatic heterocycles. The minimum absolute atomic E-state index is 0.105. The lowest BCUT2D eigenvalue weighted by Gasteiger charge is -2.59. The molecule has 57 heavy (non-hydrogen) atoms. The molecule has 0 bridgehead atoms. The summed E-state index contributed by atoms with van der Waals surface area (Å²) >= 11 is 1.75. The van der Waals surface area contributed by atoms with E-state index >= 15 is 0 Å². The van der Waals surface area contributed by atoms with Gasteiger partial charge in [-0.15, -0.1) is 18.3 Å². The lowest BCUT2D eigenvalue weighted by Crippen LogP contribution is -2.69. The van der Waals surface area contributed by atoms with Gasteiger partial charge in [-0.25, -0.2) is 0 Å². The van der Waals surface area contributed by atoms with Gasteiger partial charge in [0.15, 0.2) is 0 Å². The van der Waals surface area contributed by atoms with Gasteiger partial charge in [-0.05, 0) is 105 Å². The lowest BCUT2D eigenvalue weighted by atomic mass is 9.55. The number of amides is 1. The van der Waals surface area contributed by atoms with Crippen LogP contribution in [0.15, 0.2) is 107 Å². The number of carbonyl (C=O) groups excluding carboxylic acids is 1. The summed E-state index contributed by atoms with van der Waals surface area (Å²) in [6.45, 7) is 7.20. The quantitative estimate of drug-likeness (QED) is 0.0503. The van der Waals surface area contributed by atoms with Crippen molar-refractivity contribution < 1.29 is 34.1 Å². The summed E-state index contributed by atoms with van der Waals surface area (Å²) in [6.07, 6.45) is 9.11. The Balaban J connectivity index is 1.48. The fourth-order valence-electron chi connectivity index (χ4n) is 8.83. The third-order valence-electron chi connectivity index (χ3n) is 11.4. The van der Waals surface area contributed by atoms with E-state index in [9.17, 15) is 20.3 Å². The molecule has 11 heteroatoms. The van der Waals surface area contributed by atoms with Crippen LogP contribution < -0.4 is 9.47 Å². The number of hydrogen-bond donors (Lipinski definition) is 2. The van der Waals surface area contributed by atoms with E-state index < -0.39 is 17.7 Å². The SMILES string of the molecule is C=CCO[C@@]12Oc3ccc(OCCSc4ccccc4)cc3[C@H]3[C@H](CCCCO)[C@@H](CCCCO)C=C(C(=NOCC)C[C@@H]1N(C)C(=O)c1ccc(C#N)cc1)[C@H]32. The topological polar surface area (TPSA) is 134 Å². The van der Waals surface area contributed by atoms with Gasteiger partial charge in [0.1, 0.15) is 24.1 Å². The number of fused-ring (bicyclic) bond motifs is 2. The first-order valence-electron chi connectivity index (χ1n) is 20.2. The summed E-state index contributed by atoms with van der Waals surface area (Å²) in [5.41, 5.74) is 3.64. The predicted molar refractivity (Wildman–Crippen MR) is 222 cm³/mol. The maximum absolute atomic E-state index is 14.4. The number of aliphatic hydroxyl groups excluding tert-OH is 2. The Morgan fingerprint density at radius 1 is 1.07 bits per heavy atom. The Bertz CT molecular complexity index is 1910. The van der Waals surface area contributed by atoms with Gasteiger partial charge in [0.2, 0.25) is 5.79 Å². The number of allylic oxidation sites excluding steroid dienone is 1. The smallest absolute Gasteiger partial charge is 0.254 e. The van der Waals surface area contributed by atoms with Gasteiger partial charge < -0.3 is 34.2 Å². The van der Waals surface area contributed by atoms with Crippen molar-refractivity contribution in [2.45, 2.75) is 74.5 Å². The number of unbranched alkanes of at least 4 members (excludes halogenated alkanes) is 2. The number of carbonyl (C=O) groups is 1. The van der Waals surface area contributed by atoms with E-state index in [4.69, 9.17) is 24.2 Å². The van der Waals surface area contributed by atoms with Crippen LogP contribution in [0.3, 0.4) is 0 Å². The average Bonchev–Trinajstić information content (AvgIpc) is 3.24. The third kappa shape index (κ3) is 9.42. The molecule has 1 heterocycles. The van der Waals surface area contributed by atoms with Crippen molar-refractivity contribution >= 4 is 23.4 Å². The highest BCUT2D eigenvalue weighted by Crippen LogP contribution is 2.61. The highest BCUT2D eigenvalue weighted by Gasteiger charge is 2.65. The Labute approximate surface area is 341 Å². The molecule has 302 valence electrons. The number of aliphatic hydroxyl groups is 2. The first-order chi connectivity index (χ1) is 27.9. The predicted octanol–water partition coefficient (Wildman–Crippen LogP) is 8.16. The van der Waals surface area contributed by atoms with Crippen LogP contribution in [0.25, 0.3) is 0 Å². The molecule has 0 aromatic heterocycles. The molecule has 10 nitrogen and oxygen atoms in total. The molecule has 2 N–H and O–H groups in total. The van der Waals surface area contributed by atoms with E-state index in [1.54, 1.807) is 54.1 Å². The van der Waals surface area contributed by atoms with Crippen molar-refractivity contribution in [3.8, 4) is 17.6 Å². The maximum Gasteiger partial charge on any atom is 0.254 e. The fraction of sp³-hybridized carbons (Fsp3) is 0.457. The lowest BCUT2D eigenvalue weighted by molar-refractivity contribution is -0.252. The molecular weight excluding hydrogens is 739 g/mol. The van der Waals surface area contributed by atoms with Gasteiger partial charge >= 0.3 is 0 Å². The van der Waals surface area contributed by atoms with Crippen LogP contribution in [0.5, 0.6) is 11.5 Å². The first kappa shape index (κ1) is 42.0. The highest BCUT2D eigenvalue weighted by molar-refractivity contribution is 7.99. The largest absolute Gasteiger partial charge is 0.493 e. The molecule has 3 aromatic rings. The van der Waals surface area contributed by atoms with E-state index in [-0.39, 0.29) is 43.5 Å². The van der Waals surface area contributed by atoms with E-state index in [1.807, 2.05) is 37.3 Å². The number of rotatable bonds is 20. The second kappa shape index (κ2) is 20.2. The number of benzene rings is 3. The molecule has 6 rings (SSSR count). The molecule has 3 aromatic carbocycles. The zero-order valence-electron chi connectivity index (χ0n) is 33.1. The molecule has 6 atom stereocenters. The molecule has 3 aliphatic rings. The molecule has 0 saturated heterocycles. The van der Waals surface area contributed by atoms with Crippen molar-refractivity contribution in [1.82, 2.24) is 4.90 Å². The second-order valence-corrected chi connectivity index (χ2v) is 16.0. The molecular formula is C46H55N3O7S. The molecule has 2 aliphatic carbocycles. The van der Waals surface area contributed by atoms with Crippen molar-refractivity contribution in [2.24, 2.45) is 22.9 Å². The van der Waals surface area contributed by atoms with E-state index in [0.29, 0.717) is 49.4 Å². The maximum atomic E-state index is 14.4. The Morgan fingerprint density at radius 2 is 1.82 bits per heavy atom. The van der Waals surface area contributed by atoms with Gasteiger partial charge in [0.25, 0.3) is 5.91 Å². The van der Waals surface area contributed by atoms with Crippen LogP contribution in [0.1, 0.15) is 79.3 Å². The number of hydrogen-bond acceptors (Lipinski definition) is 10. The Morgan fingerprint density at radius 3 is 2.53 bits per heavy atom. The minimum Gasteiger partial charge on any atom is -0.493 e. The van der Waals surface area contributed by atoms with Crippen molar-refractivity contribution in [2.75, 3.05) is 45.8 Å².